The number of carbonyl (C=O) groups is 3. The predicted octanol–water partition coefficient (Wildman–Crippen LogP) is -0.300. The molecule has 8 nitrogen and oxygen atoms in total. The number of aliphatic hydroxyl groups excluding tert-OH is 1. The summed E-state index contributed by atoms with van der Waals surface area (Å²) in [5, 5.41) is 21.1. The zero-order valence-electron chi connectivity index (χ0n) is 11.8. The number of hydrogen-bond donors (Lipinski definition) is 3. The Hall–Kier alpha value is -1.83. The maximum atomic E-state index is 12.3. The molecule has 3 N–H and O–H groups in total. The van der Waals surface area contributed by atoms with Gasteiger partial charge in [-0.15, -0.1) is 0 Å². The lowest BCUT2D eigenvalue weighted by Crippen LogP contribution is -2.55. The van der Waals surface area contributed by atoms with Gasteiger partial charge in [-0.3, -0.25) is 4.79 Å². The van der Waals surface area contributed by atoms with Crippen LogP contribution in [-0.4, -0.2) is 64.4 Å². The summed E-state index contributed by atoms with van der Waals surface area (Å²) < 4.78 is 4.43. The number of fused-ring (bicyclic) bond motifs is 2. The van der Waals surface area contributed by atoms with Crippen molar-refractivity contribution in [2.75, 3.05) is 7.11 Å². The highest BCUT2D eigenvalue weighted by Crippen LogP contribution is 2.35. The summed E-state index contributed by atoms with van der Waals surface area (Å²) in [6, 6.07) is -1.93. The average molecular weight is 300 g/mol. The van der Waals surface area contributed by atoms with Crippen LogP contribution in [0.25, 0.3) is 0 Å². The minimum atomic E-state index is -1.31. The second-order valence-corrected chi connectivity index (χ2v) is 5.54. The van der Waals surface area contributed by atoms with E-state index in [1.54, 1.807) is 4.90 Å². The highest BCUT2D eigenvalue weighted by atomic mass is 16.5. The summed E-state index contributed by atoms with van der Waals surface area (Å²) in [4.78, 5) is 36.2. The number of amides is 2. The van der Waals surface area contributed by atoms with Crippen LogP contribution in [0.1, 0.15) is 32.1 Å². The van der Waals surface area contributed by atoms with Gasteiger partial charge < -0.3 is 25.2 Å². The summed E-state index contributed by atoms with van der Waals surface area (Å²) in [5.41, 5.74) is 0. The lowest BCUT2D eigenvalue weighted by atomic mass is 10.0. The van der Waals surface area contributed by atoms with Crippen molar-refractivity contribution in [3.05, 3.63) is 0 Å². The van der Waals surface area contributed by atoms with Crippen molar-refractivity contribution in [1.29, 1.82) is 0 Å². The molecule has 2 fully saturated rings. The van der Waals surface area contributed by atoms with Crippen molar-refractivity contribution in [2.24, 2.45) is 0 Å². The summed E-state index contributed by atoms with van der Waals surface area (Å²) in [6.07, 6.45) is 1.82. The first kappa shape index (κ1) is 15.6. The SMILES string of the molecule is COC(=O)C[C@H](NC(=O)N1C2CCC1CC(O)C2)C(=O)O. The Kier molecular flexibility index (Phi) is 4.66. The molecule has 0 aromatic rings. The molecule has 2 aliphatic rings. The molecule has 0 saturated carbocycles. The lowest BCUT2D eigenvalue weighted by molar-refractivity contribution is -0.147. The van der Waals surface area contributed by atoms with Gasteiger partial charge >= 0.3 is 18.0 Å². The Bertz CT molecular complexity index is 426. The molecule has 0 radical (unpaired) electrons. The normalized spacial score (nSPS) is 28.9. The summed E-state index contributed by atoms with van der Waals surface area (Å²) >= 11 is 0. The number of urea groups is 1. The number of aliphatic carboxylic acids is 1. The molecular formula is C13H20N2O6. The van der Waals surface area contributed by atoms with Gasteiger partial charge in [0.15, 0.2) is 0 Å². The van der Waals surface area contributed by atoms with E-state index >= 15 is 0 Å². The number of rotatable bonds is 4. The van der Waals surface area contributed by atoms with E-state index in [0.29, 0.717) is 12.8 Å². The average Bonchev–Trinajstić information content (AvgIpc) is 2.70. The number of aliphatic hydroxyl groups is 1. The number of methoxy groups -OCH3 is 1. The van der Waals surface area contributed by atoms with Gasteiger partial charge in [-0.1, -0.05) is 0 Å². The van der Waals surface area contributed by atoms with Crippen LogP contribution >= 0.6 is 0 Å². The van der Waals surface area contributed by atoms with Gasteiger partial charge in [-0.05, 0) is 25.7 Å². The van der Waals surface area contributed by atoms with Crippen molar-refractivity contribution < 1.29 is 29.3 Å². The van der Waals surface area contributed by atoms with Gasteiger partial charge in [0.1, 0.15) is 6.04 Å². The molecule has 2 aliphatic heterocycles. The fourth-order valence-electron chi connectivity index (χ4n) is 3.15. The van der Waals surface area contributed by atoms with Gasteiger partial charge in [-0.25, -0.2) is 9.59 Å². The molecule has 0 aromatic carbocycles. The first-order valence-electron chi connectivity index (χ1n) is 6.99. The smallest absolute Gasteiger partial charge is 0.326 e. The van der Waals surface area contributed by atoms with Crippen molar-refractivity contribution in [3.8, 4) is 0 Å². The van der Waals surface area contributed by atoms with Gasteiger partial charge in [0, 0.05) is 12.1 Å². The van der Waals surface area contributed by atoms with E-state index in [2.05, 4.69) is 10.1 Å². The zero-order valence-corrected chi connectivity index (χ0v) is 11.8. The third kappa shape index (κ3) is 3.44. The molecule has 0 aromatic heterocycles. The molecule has 21 heavy (non-hydrogen) atoms. The van der Waals surface area contributed by atoms with E-state index in [1.165, 1.54) is 0 Å². The van der Waals surface area contributed by atoms with E-state index in [1.807, 2.05) is 0 Å². The molecule has 2 saturated heterocycles. The molecule has 8 heteroatoms. The monoisotopic (exact) mass is 300 g/mol. The van der Waals surface area contributed by atoms with Crippen LogP contribution in [0.5, 0.6) is 0 Å². The summed E-state index contributed by atoms with van der Waals surface area (Å²) in [5.74, 6) is -1.97. The number of carbonyl (C=O) groups excluding carboxylic acids is 2. The van der Waals surface area contributed by atoms with E-state index in [4.69, 9.17) is 5.11 Å². The molecule has 2 bridgehead atoms. The Morgan fingerprint density at radius 1 is 1.29 bits per heavy atom. The van der Waals surface area contributed by atoms with Gasteiger partial charge in [0.2, 0.25) is 0 Å². The number of carboxylic acid groups (broad SMARTS) is 1. The molecular weight excluding hydrogens is 280 g/mol. The predicted molar refractivity (Wildman–Crippen MR) is 70.5 cm³/mol. The largest absolute Gasteiger partial charge is 0.480 e. The first-order chi connectivity index (χ1) is 9.92. The highest BCUT2D eigenvalue weighted by molar-refractivity contribution is 5.86. The number of hydrogen-bond acceptors (Lipinski definition) is 5. The maximum absolute atomic E-state index is 12.3. The standard InChI is InChI=1S/C13H20N2O6/c1-21-11(17)6-10(12(18)19)14-13(20)15-7-2-3-8(15)5-9(16)4-7/h7-10,16H,2-6H2,1H3,(H,14,20)(H,18,19)/t7?,8?,9?,10-/m0/s1. The molecule has 2 rings (SSSR count). The number of carboxylic acids is 1. The van der Waals surface area contributed by atoms with Crippen molar-refractivity contribution >= 4 is 18.0 Å². The van der Waals surface area contributed by atoms with Crippen LogP contribution in [0.4, 0.5) is 4.79 Å². The fourth-order valence-corrected chi connectivity index (χ4v) is 3.15. The summed E-state index contributed by atoms with van der Waals surface area (Å²) in [7, 11) is 1.16. The first-order valence-corrected chi connectivity index (χ1v) is 6.99. The molecule has 3 atom stereocenters. The van der Waals surface area contributed by atoms with Crippen LogP contribution in [-0.2, 0) is 14.3 Å². The van der Waals surface area contributed by atoms with Gasteiger partial charge in [0.05, 0.1) is 19.6 Å². The fraction of sp³-hybridized carbons (Fsp3) is 0.769. The Labute approximate surface area is 122 Å². The molecule has 0 spiro atoms. The van der Waals surface area contributed by atoms with Gasteiger partial charge in [0.25, 0.3) is 0 Å². The van der Waals surface area contributed by atoms with Crippen molar-refractivity contribution in [3.63, 3.8) is 0 Å². The minimum Gasteiger partial charge on any atom is -0.480 e. The van der Waals surface area contributed by atoms with E-state index in [0.717, 1.165) is 20.0 Å². The third-order valence-corrected chi connectivity index (χ3v) is 4.14. The molecule has 118 valence electrons. The van der Waals surface area contributed by atoms with E-state index in [-0.39, 0.29) is 12.1 Å². The maximum Gasteiger partial charge on any atom is 0.326 e. The van der Waals surface area contributed by atoms with Crippen LogP contribution in [0.3, 0.4) is 0 Å². The number of nitrogens with zero attached hydrogens (tertiary/aromatic N) is 1. The second-order valence-electron chi connectivity index (χ2n) is 5.54. The topological polar surface area (TPSA) is 116 Å². The quantitative estimate of drug-likeness (QED) is 0.614. The molecule has 0 aliphatic carbocycles. The van der Waals surface area contributed by atoms with Crippen molar-refractivity contribution in [2.45, 2.75) is 56.3 Å². The number of piperidine rings is 1. The number of nitrogens with one attached hydrogen (secondary N) is 1. The number of esters is 1. The van der Waals surface area contributed by atoms with Crippen LogP contribution in [0, 0.1) is 0 Å². The Balaban J connectivity index is 1.99. The Morgan fingerprint density at radius 3 is 2.33 bits per heavy atom. The minimum absolute atomic E-state index is 0.0636. The molecule has 2 unspecified atom stereocenters. The van der Waals surface area contributed by atoms with Gasteiger partial charge in [-0.2, -0.15) is 0 Å². The van der Waals surface area contributed by atoms with Crippen molar-refractivity contribution in [1.82, 2.24) is 10.2 Å². The second kappa shape index (κ2) is 6.30. The molecule has 2 amide bonds. The van der Waals surface area contributed by atoms with E-state index in [9.17, 15) is 19.5 Å². The molecule has 2 heterocycles. The Morgan fingerprint density at radius 2 is 1.86 bits per heavy atom. The third-order valence-electron chi connectivity index (χ3n) is 4.14. The van der Waals surface area contributed by atoms with Crippen LogP contribution in [0.15, 0.2) is 0 Å². The number of ether oxygens (including phenoxy) is 1. The van der Waals surface area contributed by atoms with Crippen LogP contribution in [0.2, 0.25) is 0 Å². The van der Waals surface area contributed by atoms with E-state index < -0.39 is 36.5 Å². The van der Waals surface area contributed by atoms with Crippen LogP contribution < -0.4 is 5.32 Å². The zero-order chi connectivity index (χ0) is 15.6. The highest BCUT2D eigenvalue weighted by Gasteiger charge is 2.43. The lowest BCUT2D eigenvalue weighted by Gasteiger charge is -2.37. The summed E-state index contributed by atoms with van der Waals surface area (Å²) in [6.45, 7) is 0.